The standard InChI is InChI=1S/C25H24N4O4S/c1-14-3-4-15(22(30)9-17(11-26)16-5-6-34-13-16)8-20(14)28-24(31)19-7-18-12-27-23(33-2)10-21(18)29-25(19)32/h3-8,10,12-13,17H,9,11,26H2,1-2H3,(H,28,31)(H,29,32). The Morgan fingerprint density at radius 2 is 2.06 bits per heavy atom. The van der Waals surface area contributed by atoms with Crippen molar-refractivity contribution in [2.45, 2.75) is 19.3 Å². The Balaban J connectivity index is 1.56. The third-order valence-electron chi connectivity index (χ3n) is 5.69. The molecule has 0 spiro atoms. The summed E-state index contributed by atoms with van der Waals surface area (Å²) in [6, 6.07) is 10.2. The van der Waals surface area contributed by atoms with E-state index in [1.807, 2.05) is 23.8 Å². The lowest BCUT2D eigenvalue weighted by Gasteiger charge is -2.14. The molecule has 4 N–H and O–H groups in total. The minimum atomic E-state index is -0.579. The fourth-order valence-electron chi connectivity index (χ4n) is 3.67. The molecule has 3 aromatic heterocycles. The van der Waals surface area contributed by atoms with Gasteiger partial charge in [0.15, 0.2) is 5.78 Å². The SMILES string of the molecule is COc1cc2[nH]c(=O)c(C(=O)Nc3cc(C(=O)CC(CN)c4ccsc4)ccc3C)cc2cn1. The molecule has 0 fully saturated rings. The van der Waals surface area contributed by atoms with E-state index in [1.54, 1.807) is 35.6 Å². The van der Waals surface area contributed by atoms with E-state index in [0.29, 0.717) is 34.6 Å². The van der Waals surface area contributed by atoms with E-state index >= 15 is 0 Å². The number of nitrogens with two attached hydrogens (primary N) is 1. The molecule has 1 aromatic carbocycles. The zero-order chi connectivity index (χ0) is 24.2. The van der Waals surface area contributed by atoms with Gasteiger partial charge in [-0.05, 0) is 53.6 Å². The number of nitrogens with one attached hydrogen (secondary N) is 2. The second-order valence-electron chi connectivity index (χ2n) is 7.93. The van der Waals surface area contributed by atoms with Gasteiger partial charge in [0.05, 0.1) is 12.6 Å². The minimum Gasteiger partial charge on any atom is -0.481 e. The number of amides is 1. The first-order valence-electron chi connectivity index (χ1n) is 10.6. The van der Waals surface area contributed by atoms with Crippen LogP contribution in [0.5, 0.6) is 5.88 Å². The highest BCUT2D eigenvalue weighted by atomic mass is 32.1. The summed E-state index contributed by atoms with van der Waals surface area (Å²) in [7, 11) is 1.48. The zero-order valence-electron chi connectivity index (χ0n) is 18.8. The van der Waals surface area contributed by atoms with E-state index in [0.717, 1.165) is 11.1 Å². The van der Waals surface area contributed by atoms with Crippen LogP contribution in [0, 0.1) is 6.92 Å². The number of pyridine rings is 2. The molecule has 174 valence electrons. The number of hydrogen-bond donors (Lipinski definition) is 3. The van der Waals surface area contributed by atoms with E-state index in [9.17, 15) is 14.4 Å². The summed E-state index contributed by atoms with van der Waals surface area (Å²) in [6.07, 6.45) is 1.79. The van der Waals surface area contributed by atoms with Crippen LogP contribution in [0.4, 0.5) is 5.69 Å². The first-order chi connectivity index (χ1) is 16.4. The predicted octanol–water partition coefficient (Wildman–Crippen LogP) is 3.87. The lowest BCUT2D eigenvalue weighted by Crippen LogP contribution is -2.23. The number of benzene rings is 1. The Kier molecular flexibility index (Phi) is 6.85. The van der Waals surface area contributed by atoms with Crippen molar-refractivity contribution in [3.63, 3.8) is 0 Å². The maximum atomic E-state index is 12.9. The van der Waals surface area contributed by atoms with Crippen LogP contribution in [0.1, 0.15) is 44.2 Å². The van der Waals surface area contributed by atoms with Crippen molar-refractivity contribution in [2.24, 2.45) is 5.73 Å². The van der Waals surface area contributed by atoms with Crippen molar-refractivity contribution in [1.29, 1.82) is 0 Å². The van der Waals surface area contributed by atoms with Gasteiger partial charge < -0.3 is 20.8 Å². The fraction of sp³-hybridized carbons (Fsp3) is 0.200. The molecule has 4 aromatic rings. The smallest absolute Gasteiger partial charge is 0.261 e. The first kappa shape index (κ1) is 23.3. The molecule has 1 unspecified atom stereocenters. The molecule has 0 aliphatic rings. The number of rotatable bonds is 8. The Hall–Kier alpha value is -3.82. The Bertz CT molecular complexity index is 1410. The van der Waals surface area contributed by atoms with Crippen molar-refractivity contribution in [3.8, 4) is 5.88 Å². The molecule has 3 heterocycles. The molecule has 1 amide bonds. The number of aromatic amines is 1. The number of nitrogens with zero attached hydrogens (tertiary/aromatic N) is 1. The largest absolute Gasteiger partial charge is 0.481 e. The highest BCUT2D eigenvalue weighted by Gasteiger charge is 2.19. The molecular weight excluding hydrogens is 452 g/mol. The molecule has 8 nitrogen and oxygen atoms in total. The molecule has 1 atom stereocenters. The van der Waals surface area contributed by atoms with Crippen molar-refractivity contribution in [3.05, 3.63) is 86.0 Å². The van der Waals surface area contributed by atoms with Crippen LogP contribution in [0.3, 0.4) is 0 Å². The molecule has 0 radical (unpaired) electrons. The highest BCUT2D eigenvalue weighted by Crippen LogP contribution is 2.25. The van der Waals surface area contributed by atoms with Crippen molar-refractivity contribution in [1.82, 2.24) is 9.97 Å². The second kappa shape index (κ2) is 9.98. The average molecular weight is 477 g/mol. The van der Waals surface area contributed by atoms with Gasteiger partial charge in [-0.1, -0.05) is 12.1 Å². The Morgan fingerprint density at radius 1 is 1.24 bits per heavy atom. The number of thiophene rings is 1. The summed E-state index contributed by atoms with van der Waals surface area (Å²) in [5.41, 5.74) is 8.55. The minimum absolute atomic E-state index is 0.0590. The van der Waals surface area contributed by atoms with Gasteiger partial charge in [0.2, 0.25) is 5.88 Å². The summed E-state index contributed by atoms with van der Waals surface area (Å²) in [4.78, 5) is 45.2. The lowest BCUT2D eigenvalue weighted by molar-refractivity contribution is 0.0972. The van der Waals surface area contributed by atoms with Crippen molar-refractivity contribution >= 4 is 39.6 Å². The van der Waals surface area contributed by atoms with Gasteiger partial charge in [0.25, 0.3) is 11.5 Å². The number of ether oxygens (including phenoxy) is 1. The van der Waals surface area contributed by atoms with Gasteiger partial charge in [-0.2, -0.15) is 11.3 Å². The molecular formula is C25H24N4O4S. The summed E-state index contributed by atoms with van der Waals surface area (Å²) < 4.78 is 5.07. The second-order valence-corrected chi connectivity index (χ2v) is 8.71. The van der Waals surface area contributed by atoms with Gasteiger partial charge in [-0.15, -0.1) is 0 Å². The Labute approximate surface area is 199 Å². The van der Waals surface area contributed by atoms with Crippen molar-refractivity contribution in [2.75, 3.05) is 19.0 Å². The fourth-order valence-corrected chi connectivity index (χ4v) is 4.41. The van der Waals surface area contributed by atoms with Gasteiger partial charge in [-0.3, -0.25) is 14.4 Å². The maximum Gasteiger partial charge on any atom is 0.261 e. The van der Waals surface area contributed by atoms with Crippen LogP contribution in [0.25, 0.3) is 10.9 Å². The summed E-state index contributed by atoms with van der Waals surface area (Å²) in [5, 5.41) is 7.32. The van der Waals surface area contributed by atoms with Crippen LogP contribution in [0.15, 0.2) is 58.1 Å². The van der Waals surface area contributed by atoms with Crippen LogP contribution in [-0.4, -0.2) is 35.3 Å². The zero-order valence-corrected chi connectivity index (χ0v) is 19.6. The monoisotopic (exact) mass is 476 g/mol. The van der Waals surface area contributed by atoms with Gasteiger partial charge in [0.1, 0.15) is 5.56 Å². The summed E-state index contributed by atoms with van der Waals surface area (Å²) in [6.45, 7) is 2.18. The van der Waals surface area contributed by atoms with E-state index in [1.165, 1.54) is 19.4 Å². The number of methoxy groups -OCH3 is 1. The van der Waals surface area contributed by atoms with Crippen molar-refractivity contribution < 1.29 is 14.3 Å². The number of aromatic nitrogens is 2. The van der Waals surface area contributed by atoms with Crippen LogP contribution >= 0.6 is 11.3 Å². The van der Waals surface area contributed by atoms with Gasteiger partial charge in [-0.25, -0.2) is 4.98 Å². The van der Waals surface area contributed by atoms with Crippen LogP contribution in [0.2, 0.25) is 0 Å². The number of carbonyl (C=O) groups excluding carboxylic acids is 2. The summed E-state index contributed by atoms with van der Waals surface area (Å²) >= 11 is 1.57. The molecule has 0 saturated heterocycles. The number of fused-ring (bicyclic) bond motifs is 1. The number of carbonyl (C=O) groups is 2. The number of H-pyrrole nitrogens is 1. The maximum absolute atomic E-state index is 12.9. The molecule has 34 heavy (non-hydrogen) atoms. The average Bonchev–Trinajstić information content (AvgIpc) is 3.37. The molecule has 0 aliphatic carbocycles. The first-order valence-corrected chi connectivity index (χ1v) is 11.6. The lowest BCUT2D eigenvalue weighted by atomic mass is 9.93. The highest BCUT2D eigenvalue weighted by molar-refractivity contribution is 7.08. The molecule has 0 saturated carbocycles. The number of aryl methyl sites for hydroxylation is 1. The molecule has 0 bridgehead atoms. The van der Waals surface area contributed by atoms with Gasteiger partial charge >= 0.3 is 0 Å². The summed E-state index contributed by atoms with van der Waals surface area (Å²) in [5.74, 6) is -0.361. The number of anilines is 1. The molecule has 0 aliphatic heterocycles. The van der Waals surface area contributed by atoms with E-state index < -0.39 is 11.5 Å². The Morgan fingerprint density at radius 3 is 2.76 bits per heavy atom. The van der Waals surface area contributed by atoms with Crippen LogP contribution in [-0.2, 0) is 0 Å². The van der Waals surface area contributed by atoms with E-state index in [-0.39, 0.29) is 23.7 Å². The molecule has 4 rings (SSSR count). The topological polar surface area (TPSA) is 127 Å². The number of Topliss-reactive ketones (excluding diaryl/α,β-unsaturated/α-hetero) is 1. The predicted molar refractivity (Wildman–Crippen MR) is 133 cm³/mol. The van der Waals surface area contributed by atoms with E-state index in [4.69, 9.17) is 10.5 Å². The van der Waals surface area contributed by atoms with Gasteiger partial charge in [0, 0.05) is 41.2 Å². The number of hydrogen-bond acceptors (Lipinski definition) is 7. The normalized spacial score (nSPS) is 11.9. The third-order valence-corrected chi connectivity index (χ3v) is 6.40. The van der Waals surface area contributed by atoms with Crippen LogP contribution < -0.4 is 21.3 Å². The number of ketones is 1. The quantitative estimate of drug-likeness (QED) is 0.331. The third kappa shape index (κ3) is 4.90. The molecule has 9 heteroatoms. The van der Waals surface area contributed by atoms with E-state index in [2.05, 4.69) is 15.3 Å².